The second-order valence-electron chi connectivity index (χ2n) is 6.23. The molecule has 1 aromatic heterocycles. The maximum absolute atomic E-state index is 12.2. The first-order chi connectivity index (χ1) is 12.6. The monoisotopic (exact) mass is 366 g/mol. The number of carbonyl (C=O) groups excluding carboxylic acids is 1. The van der Waals surface area contributed by atoms with Gasteiger partial charge in [-0.05, 0) is 49.5 Å². The molecule has 2 aromatic carbocycles. The number of nitrogens with zero attached hydrogens (tertiary/aromatic N) is 2. The molecule has 0 spiro atoms. The largest absolute Gasteiger partial charge is 0.334 e. The molecule has 0 unspecified atom stereocenters. The van der Waals surface area contributed by atoms with Crippen LogP contribution in [0.5, 0.6) is 0 Å². The molecule has 2 N–H and O–H groups in total. The molecule has 134 valence electrons. The molecule has 0 bridgehead atoms. The van der Waals surface area contributed by atoms with Crippen molar-refractivity contribution in [2.24, 2.45) is 0 Å². The third-order valence-electron chi connectivity index (χ3n) is 3.87. The Balaban J connectivity index is 1.56. The summed E-state index contributed by atoms with van der Waals surface area (Å²) >= 11 is 1.59. The fourth-order valence-electron chi connectivity index (χ4n) is 2.64. The van der Waals surface area contributed by atoms with Crippen LogP contribution in [0.3, 0.4) is 0 Å². The van der Waals surface area contributed by atoms with Gasteiger partial charge in [-0.3, -0.25) is 0 Å². The quantitative estimate of drug-likeness (QED) is 0.688. The van der Waals surface area contributed by atoms with E-state index < -0.39 is 0 Å². The van der Waals surface area contributed by atoms with Crippen LogP contribution in [0.2, 0.25) is 0 Å². The molecule has 0 aliphatic heterocycles. The van der Waals surface area contributed by atoms with Crippen LogP contribution in [0, 0.1) is 0 Å². The molecular weight excluding hydrogens is 344 g/mol. The van der Waals surface area contributed by atoms with E-state index in [0.29, 0.717) is 6.54 Å². The van der Waals surface area contributed by atoms with Gasteiger partial charge in [0, 0.05) is 35.9 Å². The lowest BCUT2D eigenvalue weighted by Crippen LogP contribution is -2.28. The number of hydrogen-bond acceptors (Lipinski definition) is 4. The molecule has 0 radical (unpaired) electrons. The number of nitrogens with one attached hydrogen (secondary N) is 2. The number of carbonyl (C=O) groups is 1. The third kappa shape index (κ3) is 4.91. The second kappa shape index (κ2) is 8.60. The highest BCUT2D eigenvalue weighted by Crippen LogP contribution is 2.23. The van der Waals surface area contributed by atoms with Crippen molar-refractivity contribution in [2.45, 2.75) is 13.1 Å². The number of aromatic nitrogens is 1. The highest BCUT2D eigenvalue weighted by molar-refractivity contribution is 7.13. The third-order valence-corrected chi connectivity index (χ3v) is 4.69. The Labute approximate surface area is 157 Å². The van der Waals surface area contributed by atoms with Crippen LogP contribution < -0.4 is 10.6 Å². The molecule has 0 fully saturated rings. The Morgan fingerprint density at radius 3 is 2.46 bits per heavy atom. The van der Waals surface area contributed by atoms with Crippen molar-refractivity contribution in [2.75, 3.05) is 19.4 Å². The Morgan fingerprint density at radius 2 is 1.81 bits per heavy atom. The van der Waals surface area contributed by atoms with E-state index in [1.54, 1.807) is 17.5 Å². The minimum atomic E-state index is -0.216. The van der Waals surface area contributed by atoms with Gasteiger partial charge in [0.25, 0.3) is 0 Å². The van der Waals surface area contributed by atoms with Gasteiger partial charge in [0.05, 0.1) is 0 Å². The van der Waals surface area contributed by atoms with Gasteiger partial charge in [-0.1, -0.05) is 24.3 Å². The van der Waals surface area contributed by atoms with Crippen LogP contribution in [0.4, 0.5) is 10.5 Å². The maximum atomic E-state index is 12.2. The van der Waals surface area contributed by atoms with E-state index in [1.807, 2.05) is 61.9 Å². The van der Waals surface area contributed by atoms with Crippen molar-refractivity contribution in [1.82, 2.24) is 15.2 Å². The fraction of sp³-hybridized carbons (Fsp3) is 0.200. The molecule has 0 aliphatic rings. The van der Waals surface area contributed by atoms with Gasteiger partial charge < -0.3 is 15.5 Å². The molecule has 0 saturated carbocycles. The van der Waals surface area contributed by atoms with Crippen molar-refractivity contribution in [3.05, 3.63) is 71.2 Å². The molecule has 6 heteroatoms. The van der Waals surface area contributed by atoms with Crippen LogP contribution in [0.15, 0.2) is 60.1 Å². The summed E-state index contributed by atoms with van der Waals surface area (Å²) in [7, 11) is 4.07. The lowest BCUT2D eigenvalue weighted by atomic mass is 10.1. The van der Waals surface area contributed by atoms with E-state index in [9.17, 15) is 4.79 Å². The lowest BCUT2D eigenvalue weighted by Gasteiger charge is -2.15. The average molecular weight is 366 g/mol. The highest BCUT2D eigenvalue weighted by atomic mass is 32.1. The lowest BCUT2D eigenvalue weighted by molar-refractivity contribution is 0.251. The molecule has 0 saturated heterocycles. The fourth-order valence-corrected chi connectivity index (χ4v) is 3.28. The number of anilines is 1. The van der Waals surface area contributed by atoms with E-state index in [1.165, 1.54) is 5.56 Å². The van der Waals surface area contributed by atoms with E-state index in [-0.39, 0.29) is 6.03 Å². The van der Waals surface area contributed by atoms with E-state index >= 15 is 0 Å². The van der Waals surface area contributed by atoms with E-state index in [4.69, 9.17) is 0 Å². The van der Waals surface area contributed by atoms with Crippen LogP contribution in [0.25, 0.3) is 10.6 Å². The minimum absolute atomic E-state index is 0.216. The summed E-state index contributed by atoms with van der Waals surface area (Å²) < 4.78 is 0. The molecule has 0 aliphatic carbocycles. The Bertz CT molecular complexity index is 845. The molecule has 26 heavy (non-hydrogen) atoms. The van der Waals surface area contributed by atoms with Gasteiger partial charge >= 0.3 is 6.03 Å². The zero-order valence-electron chi connectivity index (χ0n) is 14.9. The van der Waals surface area contributed by atoms with Crippen molar-refractivity contribution in [3.8, 4) is 10.6 Å². The zero-order valence-corrected chi connectivity index (χ0v) is 15.7. The van der Waals surface area contributed by atoms with Gasteiger partial charge in [-0.15, -0.1) is 11.3 Å². The summed E-state index contributed by atoms with van der Waals surface area (Å²) in [6.07, 6.45) is 1.79. The molecule has 2 amide bonds. The van der Waals surface area contributed by atoms with Gasteiger partial charge in [0.1, 0.15) is 5.01 Å². The van der Waals surface area contributed by atoms with Crippen molar-refractivity contribution >= 4 is 23.1 Å². The van der Waals surface area contributed by atoms with Crippen molar-refractivity contribution in [1.29, 1.82) is 0 Å². The molecule has 1 heterocycles. The minimum Gasteiger partial charge on any atom is -0.334 e. The number of rotatable bonds is 6. The van der Waals surface area contributed by atoms with E-state index in [2.05, 4.69) is 26.6 Å². The smallest absolute Gasteiger partial charge is 0.319 e. The van der Waals surface area contributed by atoms with Gasteiger partial charge in [0.15, 0.2) is 0 Å². The summed E-state index contributed by atoms with van der Waals surface area (Å²) in [4.78, 5) is 18.6. The van der Waals surface area contributed by atoms with Crippen molar-refractivity contribution in [3.63, 3.8) is 0 Å². The van der Waals surface area contributed by atoms with Crippen LogP contribution >= 0.6 is 11.3 Å². The summed E-state index contributed by atoms with van der Waals surface area (Å²) in [5.74, 6) is 0. The molecule has 3 aromatic rings. The predicted molar refractivity (Wildman–Crippen MR) is 107 cm³/mol. The Morgan fingerprint density at radius 1 is 1.08 bits per heavy atom. The molecule has 0 atom stereocenters. The van der Waals surface area contributed by atoms with Gasteiger partial charge in [-0.25, -0.2) is 9.78 Å². The van der Waals surface area contributed by atoms with Crippen LogP contribution in [-0.2, 0) is 13.1 Å². The first kappa shape index (κ1) is 18.1. The standard InChI is InChI=1S/C20H22N4OS/c1-24(2)14-17-6-4-3-5-16(17)13-22-20(25)23-18-9-7-15(8-10-18)19-21-11-12-26-19/h3-12H,13-14H2,1-2H3,(H2,22,23,25). The first-order valence-electron chi connectivity index (χ1n) is 8.38. The molecular formula is C20H22N4OS. The maximum Gasteiger partial charge on any atom is 0.319 e. The average Bonchev–Trinajstić information content (AvgIpc) is 3.16. The second-order valence-corrected chi connectivity index (χ2v) is 7.12. The number of benzene rings is 2. The number of amides is 2. The van der Waals surface area contributed by atoms with Crippen LogP contribution in [0.1, 0.15) is 11.1 Å². The van der Waals surface area contributed by atoms with Gasteiger partial charge in [0.2, 0.25) is 0 Å². The number of thiazole rings is 1. The summed E-state index contributed by atoms with van der Waals surface area (Å²) in [5.41, 5.74) is 4.13. The predicted octanol–water partition coefficient (Wildman–Crippen LogP) is 4.19. The Kier molecular flexibility index (Phi) is 5.99. The summed E-state index contributed by atoms with van der Waals surface area (Å²) in [6.45, 7) is 1.34. The normalized spacial score (nSPS) is 10.7. The number of urea groups is 1. The zero-order chi connectivity index (χ0) is 18.4. The summed E-state index contributed by atoms with van der Waals surface area (Å²) in [6, 6.07) is 15.6. The van der Waals surface area contributed by atoms with Gasteiger partial charge in [-0.2, -0.15) is 0 Å². The summed E-state index contributed by atoms with van der Waals surface area (Å²) in [5, 5.41) is 8.71. The van der Waals surface area contributed by atoms with E-state index in [0.717, 1.165) is 28.4 Å². The van der Waals surface area contributed by atoms with Crippen LogP contribution in [-0.4, -0.2) is 30.0 Å². The Hall–Kier alpha value is -2.70. The van der Waals surface area contributed by atoms with Crippen molar-refractivity contribution < 1.29 is 4.79 Å². The molecule has 5 nitrogen and oxygen atoms in total. The SMILES string of the molecule is CN(C)Cc1ccccc1CNC(=O)Nc1ccc(-c2nccs2)cc1. The highest BCUT2D eigenvalue weighted by Gasteiger charge is 2.07. The topological polar surface area (TPSA) is 57.3 Å². The number of hydrogen-bond donors (Lipinski definition) is 2. The first-order valence-corrected chi connectivity index (χ1v) is 9.26. The molecule has 3 rings (SSSR count).